The first-order chi connectivity index (χ1) is 10.7. The molecule has 0 aliphatic rings. The molecule has 0 spiro atoms. The SMILES string of the molecule is CC(C)CCCCN(Cc1ccccn1)Cc1ccccn1. The van der Waals surface area contributed by atoms with E-state index in [1.165, 1.54) is 19.3 Å². The van der Waals surface area contributed by atoms with Crippen LogP contribution in [0.15, 0.2) is 48.8 Å². The highest BCUT2D eigenvalue weighted by atomic mass is 15.1. The molecule has 0 fully saturated rings. The molecule has 0 atom stereocenters. The van der Waals surface area contributed by atoms with Crippen molar-refractivity contribution in [2.75, 3.05) is 6.54 Å². The van der Waals surface area contributed by atoms with Gasteiger partial charge in [0.2, 0.25) is 0 Å². The fourth-order valence-corrected chi connectivity index (χ4v) is 2.54. The molecule has 0 amide bonds. The predicted octanol–water partition coefficient (Wildman–Crippen LogP) is 4.31. The number of hydrogen-bond acceptors (Lipinski definition) is 3. The van der Waals surface area contributed by atoms with Gasteiger partial charge in [-0.05, 0) is 43.1 Å². The summed E-state index contributed by atoms with van der Waals surface area (Å²) in [5, 5.41) is 0. The Morgan fingerprint density at radius 3 is 1.91 bits per heavy atom. The number of pyridine rings is 2. The van der Waals surface area contributed by atoms with Crippen molar-refractivity contribution < 1.29 is 0 Å². The fourth-order valence-electron chi connectivity index (χ4n) is 2.54. The molecule has 0 radical (unpaired) electrons. The van der Waals surface area contributed by atoms with E-state index in [2.05, 4.69) is 53.0 Å². The molecule has 118 valence electrons. The van der Waals surface area contributed by atoms with Crippen LogP contribution in [-0.4, -0.2) is 21.4 Å². The monoisotopic (exact) mass is 297 g/mol. The molecular formula is C19H27N3. The van der Waals surface area contributed by atoms with Crippen LogP contribution >= 0.6 is 0 Å². The molecule has 0 saturated carbocycles. The summed E-state index contributed by atoms with van der Waals surface area (Å²) in [5.41, 5.74) is 2.25. The zero-order valence-electron chi connectivity index (χ0n) is 13.8. The van der Waals surface area contributed by atoms with Crippen molar-refractivity contribution in [3.05, 3.63) is 60.2 Å². The molecule has 2 aromatic rings. The maximum absolute atomic E-state index is 4.45. The van der Waals surface area contributed by atoms with Crippen LogP contribution in [0.25, 0.3) is 0 Å². The third kappa shape index (κ3) is 6.35. The summed E-state index contributed by atoms with van der Waals surface area (Å²) in [6.07, 6.45) is 7.57. The van der Waals surface area contributed by atoms with Crippen molar-refractivity contribution in [1.29, 1.82) is 0 Å². The maximum Gasteiger partial charge on any atom is 0.0544 e. The minimum Gasteiger partial charge on any atom is -0.292 e. The summed E-state index contributed by atoms with van der Waals surface area (Å²) in [6, 6.07) is 12.2. The Hall–Kier alpha value is -1.74. The van der Waals surface area contributed by atoms with Gasteiger partial charge < -0.3 is 0 Å². The van der Waals surface area contributed by atoms with Crippen LogP contribution < -0.4 is 0 Å². The van der Waals surface area contributed by atoms with E-state index in [-0.39, 0.29) is 0 Å². The summed E-state index contributed by atoms with van der Waals surface area (Å²) in [4.78, 5) is 11.4. The van der Waals surface area contributed by atoms with Crippen LogP contribution in [0.3, 0.4) is 0 Å². The smallest absolute Gasteiger partial charge is 0.0544 e. The predicted molar refractivity (Wildman–Crippen MR) is 91.3 cm³/mol. The van der Waals surface area contributed by atoms with Crippen molar-refractivity contribution in [3.8, 4) is 0 Å². The van der Waals surface area contributed by atoms with Gasteiger partial charge in [0.05, 0.1) is 11.4 Å². The van der Waals surface area contributed by atoms with E-state index in [0.717, 1.165) is 36.9 Å². The Labute approximate surface area is 134 Å². The summed E-state index contributed by atoms with van der Waals surface area (Å²) >= 11 is 0. The van der Waals surface area contributed by atoms with Crippen molar-refractivity contribution in [1.82, 2.24) is 14.9 Å². The summed E-state index contributed by atoms with van der Waals surface area (Å²) in [5.74, 6) is 0.792. The number of nitrogens with zero attached hydrogens (tertiary/aromatic N) is 3. The van der Waals surface area contributed by atoms with Crippen LogP contribution in [0, 0.1) is 5.92 Å². The zero-order chi connectivity index (χ0) is 15.6. The second kappa shape index (κ2) is 9.31. The average Bonchev–Trinajstić information content (AvgIpc) is 2.53. The summed E-state index contributed by atoms with van der Waals surface area (Å²) in [6.45, 7) is 7.46. The lowest BCUT2D eigenvalue weighted by molar-refractivity contribution is 0.243. The molecule has 3 nitrogen and oxygen atoms in total. The van der Waals surface area contributed by atoms with Crippen LogP contribution in [0.4, 0.5) is 0 Å². The topological polar surface area (TPSA) is 29.0 Å². The number of unbranched alkanes of at least 4 members (excludes halogenated alkanes) is 1. The Morgan fingerprint density at radius 2 is 1.45 bits per heavy atom. The lowest BCUT2D eigenvalue weighted by Crippen LogP contribution is -2.25. The first-order valence-corrected chi connectivity index (χ1v) is 8.26. The van der Waals surface area contributed by atoms with Gasteiger partial charge in [0.1, 0.15) is 0 Å². The Kier molecular flexibility index (Phi) is 7.04. The molecular weight excluding hydrogens is 270 g/mol. The number of rotatable bonds is 9. The van der Waals surface area contributed by atoms with E-state index in [1.807, 2.05) is 24.5 Å². The molecule has 2 aromatic heterocycles. The van der Waals surface area contributed by atoms with E-state index < -0.39 is 0 Å². The van der Waals surface area contributed by atoms with Gasteiger partial charge in [-0.25, -0.2) is 0 Å². The van der Waals surface area contributed by atoms with Crippen LogP contribution in [0.1, 0.15) is 44.5 Å². The second-order valence-corrected chi connectivity index (χ2v) is 6.24. The molecule has 22 heavy (non-hydrogen) atoms. The third-order valence-corrected chi connectivity index (χ3v) is 3.73. The van der Waals surface area contributed by atoms with Crippen LogP contribution in [0.5, 0.6) is 0 Å². The fraction of sp³-hybridized carbons (Fsp3) is 0.474. The molecule has 0 aromatic carbocycles. The van der Waals surface area contributed by atoms with Crippen LogP contribution in [-0.2, 0) is 13.1 Å². The van der Waals surface area contributed by atoms with Gasteiger partial charge >= 0.3 is 0 Å². The third-order valence-electron chi connectivity index (χ3n) is 3.73. The molecule has 0 N–H and O–H groups in total. The van der Waals surface area contributed by atoms with Gasteiger partial charge in [-0.15, -0.1) is 0 Å². The van der Waals surface area contributed by atoms with E-state index in [0.29, 0.717) is 0 Å². The first-order valence-electron chi connectivity index (χ1n) is 8.26. The first kappa shape index (κ1) is 16.6. The Morgan fingerprint density at radius 1 is 0.864 bits per heavy atom. The molecule has 0 bridgehead atoms. The van der Waals surface area contributed by atoms with E-state index >= 15 is 0 Å². The van der Waals surface area contributed by atoms with E-state index in [4.69, 9.17) is 0 Å². The van der Waals surface area contributed by atoms with Gasteiger partial charge in [0, 0.05) is 25.5 Å². The van der Waals surface area contributed by atoms with Crippen molar-refractivity contribution >= 4 is 0 Å². The average molecular weight is 297 g/mol. The summed E-state index contributed by atoms with van der Waals surface area (Å²) < 4.78 is 0. The van der Waals surface area contributed by atoms with Gasteiger partial charge in [-0.2, -0.15) is 0 Å². The zero-order valence-corrected chi connectivity index (χ0v) is 13.8. The minimum absolute atomic E-state index is 0.792. The largest absolute Gasteiger partial charge is 0.292 e. The molecule has 0 saturated heterocycles. The minimum atomic E-state index is 0.792. The van der Waals surface area contributed by atoms with Gasteiger partial charge in [-0.3, -0.25) is 14.9 Å². The maximum atomic E-state index is 4.45. The Balaban J connectivity index is 1.91. The second-order valence-electron chi connectivity index (χ2n) is 6.24. The molecule has 3 heteroatoms. The lowest BCUT2D eigenvalue weighted by Gasteiger charge is -2.21. The van der Waals surface area contributed by atoms with Crippen molar-refractivity contribution in [3.63, 3.8) is 0 Å². The van der Waals surface area contributed by atoms with Crippen molar-refractivity contribution in [2.24, 2.45) is 5.92 Å². The molecule has 2 rings (SSSR count). The molecule has 0 aliphatic carbocycles. The highest BCUT2D eigenvalue weighted by Crippen LogP contribution is 2.11. The number of aromatic nitrogens is 2. The van der Waals surface area contributed by atoms with E-state index in [9.17, 15) is 0 Å². The standard InChI is InChI=1S/C19H27N3/c1-17(2)9-5-8-14-22(15-18-10-3-6-12-20-18)16-19-11-4-7-13-21-19/h3-4,6-7,10-13,17H,5,8-9,14-16H2,1-2H3. The molecule has 2 heterocycles. The van der Waals surface area contributed by atoms with E-state index in [1.54, 1.807) is 0 Å². The normalized spacial score (nSPS) is 11.3. The highest BCUT2D eigenvalue weighted by Gasteiger charge is 2.08. The van der Waals surface area contributed by atoms with Gasteiger partial charge in [-0.1, -0.05) is 38.8 Å². The number of hydrogen-bond donors (Lipinski definition) is 0. The molecule has 0 unspecified atom stereocenters. The summed E-state index contributed by atoms with van der Waals surface area (Å²) in [7, 11) is 0. The van der Waals surface area contributed by atoms with Crippen LogP contribution in [0.2, 0.25) is 0 Å². The Bertz CT molecular complexity index is 469. The van der Waals surface area contributed by atoms with Gasteiger partial charge in [0.25, 0.3) is 0 Å². The lowest BCUT2D eigenvalue weighted by atomic mass is 10.1. The quantitative estimate of drug-likeness (QED) is 0.646. The van der Waals surface area contributed by atoms with Crippen molar-refractivity contribution in [2.45, 2.75) is 46.2 Å². The highest BCUT2D eigenvalue weighted by molar-refractivity contribution is 5.06. The molecule has 0 aliphatic heterocycles. The van der Waals surface area contributed by atoms with Gasteiger partial charge in [0.15, 0.2) is 0 Å².